The van der Waals surface area contributed by atoms with Crippen molar-refractivity contribution in [2.24, 2.45) is 7.05 Å². The molecule has 7 heteroatoms. The summed E-state index contributed by atoms with van der Waals surface area (Å²) in [5.41, 5.74) is 4.70. The Bertz CT molecular complexity index is 969. The van der Waals surface area contributed by atoms with Crippen molar-refractivity contribution in [1.29, 1.82) is 0 Å². The zero-order chi connectivity index (χ0) is 21.5. The molecule has 1 aliphatic carbocycles. The third-order valence-corrected chi connectivity index (χ3v) is 7.45. The fraction of sp³-hybridized carbons (Fsp3) is 0.667. The Hall–Kier alpha value is -2.28. The van der Waals surface area contributed by atoms with Gasteiger partial charge in [-0.1, -0.05) is 12.8 Å². The molecule has 0 N–H and O–H groups in total. The van der Waals surface area contributed by atoms with Gasteiger partial charge in [-0.15, -0.1) is 0 Å². The Morgan fingerprint density at radius 3 is 2.42 bits per heavy atom. The molecule has 5 rings (SSSR count). The molecule has 1 saturated carbocycles. The lowest BCUT2D eigenvalue weighted by Crippen LogP contribution is -2.43. The Labute approximate surface area is 184 Å². The Balaban J connectivity index is 1.33. The number of aromatic nitrogens is 4. The number of carbonyl (C=O) groups excluding carboxylic acids is 1. The molecule has 2 aromatic rings. The first kappa shape index (κ1) is 20.6. The maximum absolute atomic E-state index is 12.8. The summed E-state index contributed by atoms with van der Waals surface area (Å²) in [7, 11) is 1.98. The van der Waals surface area contributed by atoms with Crippen LogP contribution in [0.25, 0.3) is 0 Å². The third kappa shape index (κ3) is 4.00. The lowest BCUT2D eigenvalue weighted by atomic mass is 9.94. The number of likely N-dealkylation sites (tertiary alicyclic amines) is 1. The Morgan fingerprint density at radius 2 is 1.74 bits per heavy atom. The van der Waals surface area contributed by atoms with Gasteiger partial charge in [0.25, 0.3) is 0 Å². The molecule has 0 bridgehead atoms. The number of aryl methyl sites for hydroxylation is 3. The van der Waals surface area contributed by atoms with Crippen molar-refractivity contribution in [3.05, 3.63) is 34.5 Å². The van der Waals surface area contributed by atoms with E-state index in [1.54, 1.807) is 0 Å². The monoisotopic (exact) mass is 422 g/mol. The smallest absolute Gasteiger partial charge is 0.228 e. The fourth-order valence-corrected chi connectivity index (χ4v) is 5.68. The summed E-state index contributed by atoms with van der Waals surface area (Å²) >= 11 is 0. The van der Waals surface area contributed by atoms with Gasteiger partial charge in [-0.05, 0) is 59.0 Å². The molecule has 2 fully saturated rings. The van der Waals surface area contributed by atoms with E-state index < -0.39 is 0 Å². The van der Waals surface area contributed by atoms with E-state index in [4.69, 9.17) is 9.97 Å². The topological polar surface area (TPSA) is 67.2 Å². The molecule has 31 heavy (non-hydrogen) atoms. The van der Waals surface area contributed by atoms with Crippen molar-refractivity contribution in [3.63, 3.8) is 0 Å². The van der Waals surface area contributed by atoms with Crippen molar-refractivity contribution in [3.8, 4) is 0 Å². The van der Waals surface area contributed by atoms with Gasteiger partial charge in [-0.2, -0.15) is 5.10 Å². The number of hydrogen-bond acceptors (Lipinski definition) is 5. The van der Waals surface area contributed by atoms with Gasteiger partial charge in [0, 0.05) is 55.0 Å². The average molecular weight is 423 g/mol. The number of fused-ring (bicyclic) bond motifs is 1. The Kier molecular flexibility index (Phi) is 5.54. The zero-order valence-electron chi connectivity index (χ0n) is 19.1. The molecular formula is C24H34N6O. The lowest BCUT2D eigenvalue weighted by molar-refractivity contribution is -0.119. The minimum absolute atomic E-state index is 0.255. The molecule has 3 aliphatic rings. The van der Waals surface area contributed by atoms with E-state index in [1.165, 1.54) is 24.0 Å². The maximum atomic E-state index is 12.8. The van der Waals surface area contributed by atoms with Gasteiger partial charge in [0.15, 0.2) is 0 Å². The highest BCUT2D eigenvalue weighted by Crippen LogP contribution is 2.36. The van der Waals surface area contributed by atoms with Crippen LogP contribution in [-0.2, 0) is 24.8 Å². The first-order valence-electron chi connectivity index (χ1n) is 11.9. The molecule has 0 radical (unpaired) electrons. The molecule has 4 heterocycles. The number of carbonyl (C=O) groups is 1. The van der Waals surface area contributed by atoms with Crippen LogP contribution >= 0.6 is 0 Å². The van der Waals surface area contributed by atoms with E-state index in [0.29, 0.717) is 18.4 Å². The maximum Gasteiger partial charge on any atom is 0.228 e. The van der Waals surface area contributed by atoms with Crippen LogP contribution in [-0.4, -0.2) is 49.7 Å². The minimum Gasteiger partial charge on any atom is -0.299 e. The van der Waals surface area contributed by atoms with E-state index in [2.05, 4.69) is 30.0 Å². The summed E-state index contributed by atoms with van der Waals surface area (Å²) in [6.07, 6.45) is 10.3. The molecule has 0 unspecified atom stereocenters. The second kappa shape index (κ2) is 8.34. The van der Waals surface area contributed by atoms with Crippen molar-refractivity contribution in [2.45, 2.75) is 83.7 Å². The van der Waals surface area contributed by atoms with Crippen molar-refractivity contribution in [2.75, 3.05) is 18.0 Å². The molecule has 7 nitrogen and oxygen atoms in total. The number of rotatable bonds is 4. The summed E-state index contributed by atoms with van der Waals surface area (Å²) in [4.78, 5) is 27.4. The summed E-state index contributed by atoms with van der Waals surface area (Å²) in [5, 5.41) is 4.47. The number of nitrogens with zero attached hydrogens (tertiary/aromatic N) is 6. The summed E-state index contributed by atoms with van der Waals surface area (Å²) in [5.74, 6) is 2.51. The average Bonchev–Trinajstić information content (AvgIpc) is 3.38. The van der Waals surface area contributed by atoms with Gasteiger partial charge in [-0.3, -0.25) is 19.3 Å². The van der Waals surface area contributed by atoms with Gasteiger partial charge in [0.05, 0.1) is 5.69 Å². The predicted octanol–water partition coefficient (Wildman–Crippen LogP) is 3.43. The van der Waals surface area contributed by atoms with Crippen molar-refractivity contribution < 1.29 is 4.79 Å². The van der Waals surface area contributed by atoms with Crippen LogP contribution in [0.3, 0.4) is 0 Å². The second-order valence-electron chi connectivity index (χ2n) is 9.64. The molecule has 1 saturated heterocycles. The minimum atomic E-state index is 0.255. The van der Waals surface area contributed by atoms with Gasteiger partial charge in [0.2, 0.25) is 5.91 Å². The fourth-order valence-electron chi connectivity index (χ4n) is 5.68. The van der Waals surface area contributed by atoms with E-state index in [1.807, 2.05) is 16.6 Å². The van der Waals surface area contributed by atoms with Gasteiger partial charge in [0.1, 0.15) is 11.6 Å². The summed E-state index contributed by atoms with van der Waals surface area (Å²) in [6.45, 7) is 7.24. The molecule has 1 amide bonds. The highest BCUT2D eigenvalue weighted by Gasteiger charge is 2.35. The second-order valence-corrected chi connectivity index (χ2v) is 9.64. The quantitative estimate of drug-likeness (QED) is 0.755. The van der Waals surface area contributed by atoms with E-state index in [-0.39, 0.29) is 5.91 Å². The number of anilines is 1. The van der Waals surface area contributed by atoms with Gasteiger partial charge in [-0.25, -0.2) is 9.97 Å². The first-order chi connectivity index (χ1) is 15.0. The van der Waals surface area contributed by atoms with Crippen LogP contribution in [0.15, 0.2) is 6.20 Å². The number of hydrogen-bond donors (Lipinski definition) is 0. The molecule has 0 aromatic carbocycles. The third-order valence-electron chi connectivity index (χ3n) is 7.45. The van der Waals surface area contributed by atoms with Crippen LogP contribution in [0.4, 0.5) is 5.82 Å². The SMILES string of the molecule is Cc1nn(C)cc1CN1CCC(c2nc(C)c3c(n2)N(C2CCCC2)C(=O)CC3)CC1. The van der Waals surface area contributed by atoms with E-state index in [9.17, 15) is 4.79 Å². The summed E-state index contributed by atoms with van der Waals surface area (Å²) in [6, 6.07) is 0.332. The molecule has 2 aliphatic heterocycles. The molecular weight excluding hydrogens is 388 g/mol. The molecule has 166 valence electrons. The summed E-state index contributed by atoms with van der Waals surface area (Å²) < 4.78 is 1.90. The molecule has 2 aromatic heterocycles. The number of amides is 1. The largest absolute Gasteiger partial charge is 0.299 e. The number of piperidine rings is 1. The predicted molar refractivity (Wildman–Crippen MR) is 120 cm³/mol. The standard InChI is InChI=1S/C24H34N6O/c1-16-19(14-28(3)27-16)15-29-12-10-18(11-13-29)23-25-17(2)21-8-9-22(31)30(24(21)26-23)20-6-4-5-7-20/h14,18,20H,4-13,15H2,1-3H3. The van der Waals surface area contributed by atoms with Crippen LogP contribution in [0.1, 0.15) is 79.2 Å². The Morgan fingerprint density at radius 1 is 1.00 bits per heavy atom. The van der Waals surface area contributed by atoms with Gasteiger partial charge < -0.3 is 0 Å². The lowest BCUT2D eigenvalue weighted by Gasteiger charge is -2.35. The van der Waals surface area contributed by atoms with Crippen LogP contribution in [0.2, 0.25) is 0 Å². The molecule has 0 atom stereocenters. The van der Waals surface area contributed by atoms with E-state index in [0.717, 1.165) is 74.8 Å². The first-order valence-corrected chi connectivity index (χ1v) is 11.9. The van der Waals surface area contributed by atoms with Crippen LogP contribution < -0.4 is 4.90 Å². The van der Waals surface area contributed by atoms with Crippen LogP contribution in [0.5, 0.6) is 0 Å². The van der Waals surface area contributed by atoms with E-state index >= 15 is 0 Å². The highest BCUT2D eigenvalue weighted by molar-refractivity contribution is 5.96. The van der Waals surface area contributed by atoms with Crippen molar-refractivity contribution >= 4 is 11.7 Å². The van der Waals surface area contributed by atoms with Crippen molar-refractivity contribution in [1.82, 2.24) is 24.6 Å². The van der Waals surface area contributed by atoms with Crippen LogP contribution in [0, 0.1) is 13.8 Å². The normalized spacial score (nSPS) is 21.1. The van der Waals surface area contributed by atoms with Gasteiger partial charge >= 0.3 is 0 Å². The highest BCUT2D eigenvalue weighted by atomic mass is 16.2. The molecule has 0 spiro atoms. The zero-order valence-corrected chi connectivity index (χ0v) is 19.1.